The minimum Gasteiger partial charge on any atom is -0.470 e. The maximum absolute atomic E-state index is 14.9. The van der Waals surface area contributed by atoms with Crippen molar-refractivity contribution >= 4 is 11.8 Å². The second-order valence-electron chi connectivity index (χ2n) is 13.0. The number of allylic oxidation sites excluding steroid dienone is 1. The minimum absolute atomic E-state index is 0.0110. The molecular weight excluding hydrogens is 548 g/mol. The van der Waals surface area contributed by atoms with Crippen LogP contribution in [0.3, 0.4) is 0 Å². The third kappa shape index (κ3) is 7.31. The normalized spacial score (nSPS) is 33.2. The number of carbonyl (C=O) groups is 1. The predicted octanol–water partition coefficient (Wildman–Crippen LogP) is 6.89. The van der Waals surface area contributed by atoms with Gasteiger partial charge in [0, 0.05) is 53.8 Å². The summed E-state index contributed by atoms with van der Waals surface area (Å²) < 4.78 is 12.9. The molecule has 1 saturated heterocycles. The number of aliphatic hydroxyl groups excluding tert-OH is 1. The minimum atomic E-state index is -1.17. The number of likely N-dealkylation sites (tertiary alicyclic amines) is 1. The number of hydrogen-bond acceptors (Lipinski definition) is 7. The predicted molar refractivity (Wildman–Crippen MR) is 163 cm³/mol. The molecule has 0 aromatic heterocycles. The maximum Gasteiger partial charge on any atom is 0.254 e. The average Bonchev–Trinajstić information content (AvgIpc) is 3.43. The highest BCUT2D eigenvalue weighted by Gasteiger charge is 2.57. The van der Waals surface area contributed by atoms with E-state index in [0.717, 1.165) is 89.0 Å². The van der Waals surface area contributed by atoms with Crippen LogP contribution < -0.4 is 0 Å². The lowest BCUT2D eigenvalue weighted by Crippen LogP contribution is -2.56. The molecule has 3 aliphatic carbocycles. The lowest BCUT2D eigenvalue weighted by atomic mass is 9.71. The van der Waals surface area contributed by atoms with E-state index in [9.17, 15) is 15.9 Å². The topological polar surface area (TPSA) is 169 Å². The van der Waals surface area contributed by atoms with E-state index >= 15 is 0 Å². The van der Waals surface area contributed by atoms with Gasteiger partial charge in [0.25, 0.3) is 5.91 Å². The Labute approximate surface area is 254 Å². The fourth-order valence-electron chi connectivity index (χ4n) is 8.02. The Kier molecular flexibility index (Phi) is 11.2. The van der Waals surface area contributed by atoms with Crippen molar-refractivity contribution in [3.63, 3.8) is 0 Å². The highest BCUT2D eigenvalue weighted by atomic mass is 16.5. The van der Waals surface area contributed by atoms with E-state index in [1.54, 1.807) is 0 Å². The zero-order valence-electron chi connectivity index (χ0n) is 25.5. The molecule has 236 valence electrons. The standard InChI is InChI=1S/C31H48N8O4/c32-37-35-26-11-4-2-9-23(26)21-31(30(41)39-17-6-1-7-18-39)28(25-10-3-5-12-27(25)36-38-33)43-29(34-31)22-13-15-24(16-14-22)42-20-8-19-40/h22-24,26,28,40H,1-21H2/t22?,23?,24?,26?,28-,31-/m0/s1. The van der Waals surface area contributed by atoms with Crippen molar-refractivity contribution < 1.29 is 19.4 Å². The smallest absolute Gasteiger partial charge is 0.254 e. The van der Waals surface area contributed by atoms with Gasteiger partial charge >= 0.3 is 0 Å². The number of carbonyl (C=O) groups excluding carboxylic acids is 1. The molecule has 0 radical (unpaired) electrons. The summed E-state index contributed by atoms with van der Waals surface area (Å²) in [6.07, 6.45) is 14.2. The van der Waals surface area contributed by atoms with E-state index in [4.69, 9.17) is 19.6 Å². The van der Waals surface area contributed by atoms with Crippen LogP contribution in [-0.2, 0) is 14.3 Å². The molecule has 2 unspecified atom stereocenters. The Bertz CT molecular complexity index is 1130. The second kappa shape index (κ2) is 15.3. The quantitative estimate of drug-likeness (QED) is 0.119. The average molecular weight is 597 g/mol. The number of nitrogens with zero attached hydrogens (tertiary/aromatic N) is 8. The number of aliphatic hydroxyl groups is 1. The Balaban J connectivity index is 1.53. The summed E-state index contributed by atoms with van der Waals surface area (Å²) in [5.41, 5.74) is 19.3. The van der Waals surface area contributed by atoms with Gasteiger partial charge < -0.3 is 19.5 Å². The number of piperidine rings is 1. The van der Waals surface area contributed by atoms with Gasteiger partial charge in [0.15, 0.2) is 17.5 Å². The molecule has 1 amide bonds. The van der Waals surface area contributed by atoms with E-state index in [1.807, 2.05) is 4.90 Å². The summed E-state index contributed by atoms with van der Waals surface area (Å²) >= 11 is 0. The van der Waals surface area contributed by atoms with Crippen molar-refractivity contribution in [2.45, 2.75) is 133 Å². The van der Waals surface area contributed by atoms with Gasteiger partial charge in [-0.25, -0.2) is 4.99 Å². The zero-order chi connectivity index (χ0) is 30.1. The number of hydrogen-bond donors (Lipinski definition) is 1. The molecule has 0 aromatic carbocycles. The Hall–Kier alpha value is -2.78. The first-order chi connectivity index (χ1) is 21.1. The third-order valence-electron chi connectivity index (χ3n) is 10.3. The summed E-state index contributed by atoms with van der Waals surface area (Å²) in [5, 5.41) is 17.4. The third-order valence-corrected chi connectivity index (χ3v) is 10.3. The Morgan fingerprint density at radius 1 is 1.00 bits per heavy atom. The van der Waals surface area contributed by atoms with Gasteiger partial charge in [-0.1, -0.05) is 23.1 Å². The van der Waals surface area contributed by atoms with E-state index in [2.05, 4.69) is 20.1 Å². The van der Waals surface area contributed by atoms with Gasteiger partial charge in [0.1, 0.15) is 0 Å². The van der Waals surface area contributed by atoms with Crippen LogP contribution in [0.4, 0.5) is 0 Å². The number of amides is 1. The largest absolute Gasteiger partial charge is 0.470 e. The zero-order valence-corrected chi connectivity index (χ0v) is 25.5. The van der Waals surface area contributed by atoms with Crippen LogP contribution in [0.5, 0.6) is 0 Å². The molecule has 12 heteroatoms. The summed E-state index contributed by atoms with van der Waals surface area (Å²) in [6, 6.07) is -0.173. The maximum atomic E-state index is 14.9. The molecule has 3 fully saturated rings. The van der Waals surface area contributed by atoms with Gasteiger partial charge in [0.2, 0.25) is 0 Å². The van der Waals surface area contributed by atoms with Crippen LogP contribution in [0.2, 0.25) is 0 Å². The molecule has 0 aromatic rings. The molecular formula is C31H48N8O4. The summed E-state index contributed by atoms with van der Waals surface area (Å²) in [7, 11) is 0. The first-order valence-corrected chi connectivity index (χ1v) is 16.7. The van der Waals surface area contributed by atoms with Crippen LogP contribution in [0, 0.1) is 11.8 Å². The molecule has 2 saturated carbocycles. The van der Waals surface area contributed by atoms with Crippen molar-refractivity contribution in [3.8, 4) is 0 Å². The molecule has 0 bridgehead atoms. The summed E-state index contributed by atoms with van der Waals surface area (Å²) in [5.74, 6) is 0.772. The summed E-state index contributed by atoms with van der Waals surface area (Å²) in [4.78, 5) is 28.6. The molecule has 43 heavy (non-hydrogen) atoms. The fraction of sp³-hybridized carbons (Fsp3) is 0.871. The van der Waals surface area contributed by atoms with Gasteiger partial charge in [0.05, 0.1) is 6.10 Å². The molecule has 1 N–H and O–H groups in total. The Morgan fingerprint density at radius 2 is 1.77 bits per heavy atom. The Morgan fingerprint density at radius 3 is 2.51 bits per heavy atom. The van der Waals surface area contributed by atoms with Crippen molar-refractivity contribution in [1.29, 1.82) is 0 Å². The van der Waals surface area contributed by atoms with E-state index in [-0.39, 0.29) is 36.5 Å². The summed E-state index contributed by atoms with van der Waals surface area (Å²) in [6.45, 7) is 2.11. The van der Waals surface area contributed by atoms with Crippen LogP contribution in [0.25, 0.3) is 20.9 Å². The van der Waals surface area contributed by atoms with Crippen LogP contribution in [0.15, 0.2) is 26.5 Å². The van der Waals surface area contributed by atoms with Crippen LogP contribution in [-0.4, -0.2) is 71.9 Å². The first kappa shape index (κ1) is 31.6. The van der Waals surface area contributed by atoms with Crippen molar-refractivity contribution in [2.24, 2.45) is 27.1 Å². The highest BCUT2D eigenvalue weighted by Crippen LogP contribution is 2.47. The van der Waals surface area contributed by atoms with E-state index in [1.165, 1.54) is 0 Å². The van der Waals surface area contributed by atoms with Gasteiger partial charge in [-0.15, -0.1) is 0 Å². The molecule has 12 nitrogen and oxygen atoms in total. The highest BCUT2D eigenvalue weighted by molar-refractivity contribution is 5.95. The van der Waals surface area contributed by atoms with Crippen LogP contribution in [0.1, 0.15) is 109 Å². The van der Waals surface area contributed by atoms with Crippen molar-refractivity contribution in [2.75, 3.05) is 26.3 Å². The van der Waals surface area contributed by atoms with Crippen molar-refractivity contribution in [1.82, 2.24) is 4.90 Å². The molecule has 2 aliphatic heterocycles. The van der Waals surface area contributed by atoms with E-state index in [0.29, 0.717) is 57.0 Å². The SMILES string of the molecule is [N-]=[N+]=NC1=C([C@@H]2OC(C3CCC(OCCCO)CC3)=N[C@]2(CC2CCCCC2N=[N+]=[N-])C(=O)N2CCCCC2)CCCC1. The number of rotatable bonds is 11. The molecule has 0 spiro atoms. The number of aliphatic imine (C=N–C) groups is 1. The van der Waals surface area contributed by atoms with Gasteiger partial charge in [-0.3, -0.25) is 4.79 Å². The van der Waals surface area contributed by atoms with Gasteiger partial charge in [-0.2, -0.15) is 0 Å². The lowest BCUT2D eigenvalue weighted by Gasteiger charge is -2.42. The van der Waals surface area contributed by atoms with Gasteiger partial charge in [-0.05, 0) is 119 Å². The number of ether oxygens (including phenoxy) is 2. The molecule has 5 aliphatic rings. The van der Waals surface area contributed by atoms with Crippen LogP contribution >= 0.6 is 0 Å². The first-order valence-electron chi connectivity index (χ1n) is 16.7. The molecule has 2 heterocycles. The van der Waals surface area contributed by atoms with Crippen molar-refractivity contribution in [3.05, 3.63) is 32.2 Å². The fourth-order valence-corrected chi connectivity index (χ4v) is 8.02. The monoisotopic (exact) mass is 596 g/mol. The lowest BCUT2D eigenvalue weighted by molar-refractivity contribution is -0.141. The number of azide groups is 2. The molecule has 4 atom stereocenters. The van der Waals surface area contributed by atoms with E-state index < -0.39 is 11.6 Å². The molecule has 5 rings (SSSR count). The second-order valence-corrected chi connectivity index (χ2v) is 13.0.